The highest BCUT2D eigenvalue weighted by molar-refractivity contribution is 5.96. The van der Waals surface area contributed by atoms with Crippen LogP contribution in [0.15, 0.2) is 24.3 Å². The monoisotopic (exact) mass is 358 g/mol. The number of para-hydroxylation sites is 1. The standard InChI is InChI=1S/C20H26N2O4/c1-13(2)20(19(25)26)9-10-22(12-20)17(23)8-7-15-11-14-5-3-4-6-16(14)21-18(15)24/h3-6,13,15H,7-12H2,1-2H3,(H,21,24)(H,25,26). The number of nitrogens with zero attached hydrogens (tertiary/aromatic N) is 1. The molecule has 6 nitrogen and oxygen atoms in total. The minimum atomic E-state index is -0.850. The lowest BCUT2D eigenvalue weighted by Gasteiger charge is -2.29. The predicted octanol–water partition coefficient (Wildman–Crippen LogP) is 2.54. The van der Waals surface area contributed by atoms with Crippen LogP contribution in [-0.4, -0.2) is 40.9 Å². The van der Waals surface area contributed by atoms with Crippen molar-refractivity contribution in [2.24, 2.45) is 17.3 Å². The van der Waals surface area contributed by atoms with Crippen molar-refractivity contribution in [3.8, 4) is 0 Å². The third kappa shape index (κ3) is 3.32. The molecule has 1 aromatic rings. The molecule has 2 N–H and O–H groups in total. The molecule has 3 rings (SSSR count). The lowest BCUT2D eigenvalue weighted by Crippen LogP contribution is -2.40. The number of anilines is 1. The quantitative estimate of drug-likeness (QED) is 0.847. The maximum Gasteiger partial charge on any atom is 0.311 e. The van der Waals surface area contributed by atoms with E-state index in [-0.39, 0.29) is 36.6 Å². The molecule has 0 bridgehead atoms. The van der Waals surface area contributed by atoms with Crippen LogP contribution in [0.25, 0.3) is 0 Å². The Morgan fingerprint density at radius 3 is 2.73 bits per heavy atom. The van der Waals surface area contributed by atoms with Gasteiger partial charge >= 0.3 is 5.97 Å². The number of benzene rings is 1. The van der Waals surface area contributed by atoms with Crippen LogP contribution in [0.4, 0.5) is 5.69 Å². The number of carbonyl (C=O) groups excluding carboxylic acids is 2. The Morgan fingerprint density at radius 2 is 2.08 bits per heavy atom. The van der Waals surface area contributed by atoms with Crippen molar-refractivity contribution >= 4 is 23.5 Å². The molecule has 26 heavy (non-hydrogen) atoms. The van der Waals surface area contributed by atoms with Gasteiger partial charge in [-0.05, 0) is 36.8 Å². The first kappa shape index (κ1) is 18.4. The van der Waals surface area contributed by atoms with Crippen LogP contribution >= 0.6 is 0 Å². The molecule has 2 aliphatic heterocycles. The van der Waals surface area contributed by atoms with E-state index in [4.69, 9.17) is 0 Å². The first-order valence-electron chi connectivity index (χ1n) is 9.23. The van der Waals surface area contributed by atoms with Gasteiger partial charge in [0.1, 0.15) is 0 Å². The van der Waals surface area contributed by atoms with Gasteiger partial charge in [0.15, 0.2) is 0 Å². The average Bonchev–Trinajstić information content (AvgIpc) is 3.06. The Morgan fingerprint density at radius 1 is 1.35 bits per heavy atom. The molecule has 0 spiro atoms. The van der Waals surface area contributed by atoms with Crippen LogP contribution in [0, 0.1) is 17.3 Å². The summed E-state index contributed by atoms with van der Waals surface area (Å²) in [5, 5.41) is 12.5. The summed E-state index contributed by atoms with van der Waals surface area (Å²) >= 11 is 0. The van der Waals surface area contributed by atoms with E-state index in [1.807, 2.05) is 38.1 Å². The predicted molar refractivity (Wildman–Crippen MR) is 97.6 cm³/mol. The Bertz CT molecular complexity index is 730. The normalized spacial score (nSPS) is 25.1. The van der Waals surface area contributed by atoms with E-state index in [2.05, 4.69) is 5.32 Å². The van der Waals surface area contributed by atoms with Crippen molar-refractivity contribution < 1.29 is 19.5 Å². The summed E-state index contributed by atoms with van der Waals surface area (Å²) < 4.78 is 0. The Kier molecular flexibility index (Phi) is 5.03. The average molecular weight is 358 g/mol. The minimum absolute atomic E-state index is 0.0292. The van der Waals surface area contributed by atoms with Crippen molar-refractivity contribution in [3.05, 3.63) is 29.8 Å². The molecule has 1 fully saturated rings. The number of carboxylic acids is 1. The molecular weight excluding hydrogens is 332 g/mol. The first-order valence-corrected chi connectivity index (χ1v) is 9.23. The van der Waals surface area contributed by atoms with E-state index in [9.17, 15) is 19.5 Å². The number of carboxylic acid groups (broad SMARTS) is 1. The number of fused-ring (bicyclic) bond motifs is 1. The number of carbonyl (C=O) groups is 3. The molecule has 0 radical (unpaired) electrons. The molecular formula is C20H26N2O4. The van der Waals surface area contributed by atoms with Gasteiger partial charge in [-0.15, -0.1) is 0 Å². The van der Waals surface area contributed by atoms with Gasteiger partial charge in [0.2, 0.25) is 11.8 Å². The Labute approximate surface area is 153 Å². The summed E-state index contributed by atoms with van der Waals surface area (Å²) in [7, 11) is 0. The second-order valence-electron chi connectivity index (χ2n) is 7.77. The smallest absolute Gasteiger partial charge is 0.311 e. The minimum Gasteiger partial charge on any atom is -0.481 e. The van der Waals surface area contributed by atoms with E-state index in [0.717, 1.165) is 11.3 Å². The number of likely N-dealkylation sites (tertiary alicyclic amines) is 1. The van der Waals surface area contributed by atoms with E-state index >= 15 is 0 Å². The zero-order valence-corrected chi connectivity index (χ0v) is 15.3. The van der Waals surface area contributed by atoms with Gasteiger partial charge in [0.25, 0.3) is 0 Å². The molecule has 140 valence electrons. The zero-order chi connectivity index (χ0) is 18.9. The van der Waals surface area contributed by atoms with Gasteiger partial charge in [0, 0.05) is 31.1 Å². The summed E-state index contributed by atoms with van der Waals surface area (Å²) in [6.45, 7) is 4.53. The van der Waals surface area contributed by atoms with Crippen LogP contribution in [0.5, 0.6) is 0 Å². The lowest BCUT2D eigenvalue weighted by molar-refractivity contribution is -0.151. The number of nitrogens with one attached hydrogen (secondary N) is 1. The van der Waals surface area contributed by atoms with Gasteiger partial charge in [-0.3, -0.25) is 14.4 Å². The van der Waals surface area contributed by atoms with Crippen LogP contribution in [0.2, 0.25) is 0 Å². The Hall–Kier alpha value is -2.37. The van der Waals surface area contributed by atoms with Crippen molar-refractivity contribution in [2.45, 2.75) is 39.5 Å². The van der Waals surface area contributed by atoms with Crippen molar-refractivity contribution in [1.82, 2.24) is 4.90 Å². The Balaban J connectivity index is 1.58. The summed E-state index contributed by atoms with van der Waals surface area (Å²) in [5.41, 5.74) is 1.09. The molecule has 1 aromatic carbocycles. The molecule has 2 atom stereocenters. The highest BCUT2D eigenvalue weighted by atomic mass is 16.4. The SMILES string of the molecule is CC(C)C1(C(=O)O)CCN(C(=O)CCC2Cc3ccccc3NC2=O)C1. The van der Waals surface area contributed by atoms with Crippen LogP contribution in [0.3, 0.4) is 0 Å². The maximum absolute atomic E-state index is 12.6. The topological polar surface area (TPSA) is 86.7 Å². The molecule has 2 unspecified atom stereocenters. The van der Waals surface area contributed by atoms with Gasteiger partial charge < -0.3 is 15.3 Å². The summed E-state index contributed by atoms with van der Waals surface area (Å²) in [4.78, 5) is 38.2. The number of hydrogen-bond acceptors (Lipinski definition) is 3. The van der Waals surface area contributed by atoms with Gasteiger partial charge in [-0.2, -0.15) is 0 Å². The maximum atomic E-state index is 12.6. The third-order valence-corrected chi connectivity index (χ3v) is 6.00. The largest absolute Gasteiger partial charge is 0.481 e. The molecule has 2 aliphatic rings. The number of rotatable bonds is 5. The van der Waals surface area contributed by atoms with Gasteiger partial charge in [-0.25, -0.2) is 0 Å². The van der Waals surface area contributed by atoms with E-state index in [1.54, 1.807) is 4.90 Å². The summed E-state index contributed by atoms with van der Waals surface area (Å²) in [6, 6.07) is 7.71. The second kappa shape index (κ2) is 7.09. The zero-order valence-electron chi connectivity index (χ0n) is 15.3. The fourth-order valence-electron chi connectivity index (χ4n) is 4.04. The van der Waals surface area contributed by atoms with E-state index < -0.39 is 11.4 Å². The van der Waals surface area contributed by atoms with Crippen molar-refractivity contribution in [3.63, 3.8) is 0 Å². The molecule has 0 aromatic heterocycles. The number of aliphatic carboxylic acids is 1. The molecule has 2 heterocycles. The first-order chi connectivity index (χ1) is 12.3. The van der Waals surface area contributed by atoms with Crippen LogP contribution < -0.4 is 5.32 Å². The van der Waals surface area contributed by atoms with Crippen LogP contribution in [0.1, 0.15) is 38.7 Å². The molecule has 0 saturated carbocycles. The molecule has 0 aliphatic carbocycles. The van der Waals surface area contributed by atoms with Crippen molar-refractivity contribution in [2.75, 3.05) is 18.4 Å². The fourth-order valence-corrected chi connectivity index (χ4v) is 4.04. The van der Waals surface area contributed by atoms with E-state index in [1.165, 1.54) is 0 Å². The lowest BCUT2D eigenvalue weighted by atomic mass is 9.76. The second-order valence-corrected chi connectivity index (χ2v) is 7.77. The summed E-state index contributed by atoms with van der Waals surface area (Å²) in [6.07, 6.45) is 1.88. The molecule has 6 heteroatoms. The van der Waals surface area contributed by atoms with Crippen molar-refractivity contribution in [1.29, 1.82) is 0 Å². The fraction of sp³-hybridized carbons (Fsp3) is 0.550. The van der Waals surface area contributed by atoms with Gasteiger partial charge in [0.05, 0.1) is 5.41 Å². The molecule has 1 saturated heterocycles. The van der Waals surface area contributed by atoms with Crippen LogP contribution in [-0.2, 0) is 20.8 Å². The van der Waals surface area contributed by atoms with Gasteiger partial charge in [-0.1, -0.05) is 32.0 Å². The number of amides is 2. The number of hydrogen-bond donors (Lipinski definition) is 2. The molecule has 2 amide bonds. The van der Waals surface area contributed by atoms with E-state index in [0.29, 0.717) is 25.8 Å². The highest BCUT2D eigenvalue weighted by Crippen LogP contribution is 2.38. The highest BCUT2D eigenvalue weighted by Gasteiger charge is 2.48. The summed E-state index contributed by atoms with van der Waals surface area (Å²) in [5.74, 6) is -1.17. The third-order valence-electron chi connectivity index (χ3n) is 6.00.